The lowest BCUT2D eigenvalue weighted by Crippen LogP contribution is -2.39. The topological polar surface area (TPSA) is 55.6 Å². The van der Waals surface area contributed by atoms with Crippen molar-refractivity contribution in [3.05, 3.63) is 52.2 Å². The van der Waals surface area contributed by atoms with Gasteiger partial charge >= 0.3 is 0 Å². The van der Waals surface area contributed by atoms with Crippen LogP contribution < -0.4 is 10.5 Å². The van der Waals surface area contributed by atoms with Crippen molar-refractivity contribution in [3.63, 3.8) is 0 Å². The molecule has 0 aliphatic rings. The van der Waals surface area contributed by atoms with Gasteiger partial charge in [0, 0.05) is 11.4 Å². The van der Waals surface area contributed by atoms with E-state index in [-0.39, 0.29) is 11.9 Å². The first kappa shape index (κ1) is 15.5. The molecule has 0 saturated heterocycles. The summed E-state index contributed by atoms with van der Waals surface area (Å²) in [6.07, 6.45) is 0. The van der Waals surface area contributed by atoms with Gasteiger partial charge in [0.1, 0.15) is 12.4 Å². The summed E-state index contributed by atoms with van der Waals surface area (Å²) in [5, 5.41) is 2.04. The van der Waals surface area contributed by atoms with Crippen molar-refractivity contribution < 1.29 is 9.53 Å². The first-order valence-corrected chi connectivity index (χ1v) is 7.68. The smallest absolute Gasteiger partial charge is 0.234 e. The van der Waals surface area contributed by atoms with Crippen molar-refractivity contribution in [2.24, 2.45) is 5.73 Å². The lowest BCUT2D eigenvalue weighted by molar-refractivity contribution is -0.122. The molecule has 2 aromatic rings. The predicted octanol–water partition coefficient (Wildman–Crippen LogP) is 2.63. The fourth-order valence-electron chi connectivity index (χ4n) is 1.88. The summed E-state index contributed by atoms with van der Waals surface area (Å²) in [5.41, 5.74) is 6.42. The number of carbonyl (C=O) groups excluding carboxylic acids is 1. The van der Waals surface area contributed by atoms with Crippen LogP contribution >= 0.6 is 11.3 Å². The van der Waals surface area contributed by atoms with E-state index < -0.39 is 0 Å². The highest BCUT2D eigenvalue weighted by molar-refractivity contribution is 7.09. The van der Waals surface area contributed by atoms with Gasteiger partial charge in [-0.1, -0.05) is 18.2 Å². The average Bonchev–Trinajstić information content (AvgIpc) is 2.99. The standard InChI is InChI=1S/C16H20N2O2S/c1-12(16(17)19)18(2)10-13-5-7-14(8-6-13)20-11-15-4-3-9-21-15/h3-9,12H,10-11H2,1-2H3,(H2,17,19)/t12-/m1/s1. The van der Waals surface area contributed by atoms with E-state index in [4.69, 9.17) is 10.5 Å². The van der Waals surface area contributed by atoms with Crippen LogP contribution in [0.2, 0.25) is 0 Å². The molecule has 1 heterocycles. The van der Waals surface area contributed by atoms with Crippen LogP contribution in [0.3, 0.4) is 0 Å². The van der Waals surface area contributed by atoms with Gasteiger partial charge in [-0.25, -0.2) is 0 Å². The number of primary amides is 1. The molecule has 5 heteroatoms. The maximum Gasteiger partial charge on any atom is 0.234 e. The molecule has 4 nitrogen and oxygen atoms in total. The molecule has 2 rings (SSSR count). The third-order valence-corrected chi connectivity index (χ3v) is 4.24. The van der Waals surface area contributed by atoms with Crippen molar-refractivity contribution >= 4 is 17.2 Å². The Labute approximate surface area is 129 Å². The molecular formula is C16H20N2O2S. The number of carbonyl (C=O) groups is 1. The predicted molar refractivity (Wildman–Crippen MR) is 85.2 cm³/mol. The third-order valence-electron chi connectivity index (χ3n) is 3.39. The monoisotopic (exact) mass is 304 g/mol. The Morgan fingerprint density at radius 1 is 1.33 bits per heavy atom. The Morgan fingerprint density at radius 3 is 2.62 bits per heavy atom. The lowest BCUT2D eigenvalue weighted by Gasteiger charge is -2.21. The molecule has 0 bridgehead atoms. The maximum absolute atomic E-state index is 11.1. The van der Waals surface area contributed by atoms with Crippen LogP contribution in [0.5, 0.6) is 5.75 Å². The SMILES string of the molecule is C[C@H](C(N)=O)N(C)Cc1ccc(OCc2cccs2)cc1. The number of likely N-dealkylation sites (N-methyl/N-ethyl adjacent to an activating group) is 1. The Hall–Kier alpha value is -1.85. The van der Waals surface area contributed by atoms with Gasteiger partial charge in [0.25, 0.3) is 0 Å². The van der Waals surface area contributed by atoms with E-state index >= 15 is 0 Å². The van der Waals surface area contributed by atoms with Crippen LogP contribution in [-0.2, 0) is 17.9 Å². The van der Waals surface area contributed by atoms with E-state index in [0.717, 1.165) is 11.3 Å². The van der Waals surface area contributed by atoms with E-state index in [0.29, 0.717) is 13.2 Å². The second kappa shape index (κ2) is 7.24. The molecular weight excluding hydrogens is 284 g/mol. The molecule has 0 saturated carbocycles. The Bertz CT molecular complexity index is 566. The van der Waals surface area contributed by atoms with Crippen LogP contribution in [-0.4, -0.2) is 23.9 Å². The lowest BCUT2D eigenvalue weighted by atomic mass is 10.2. The van der Waals surface area contributed by atoms with Crippen LogP contribution in [0.1, 0.15) is 17.4 Å². The van der Waals surface area contributed by atoms with Crippen molar-refractivity contribution in [2.45, 2.75) is 26.1 Å². The molecule has 1 aromatic carbocycles. The van der Waals surface area contributed by atoms with Gasteiger partial charge in [-0.3, -0.25) is 9.69 Å². The molecule has 0 fully saturated rings. The van der Waals surface area contributed by atoms with Crippen LogP contribution in [0.4, 0.5) is 0 Å². The zero-order chi connectivity index (χ0) is 15.2. The molecule has 0 unspecified atom stereocenters. The minimum absolute atomic E-state index is 0.278. The molecule has 0 aliphatic heterocycles. The number of ether oxygens (including phenoxy) is 1. The molecule has 1 amide bonds. The molecule has 0 radical (unpaired) electrons. The number of rotatable bonds is 7. The number of nitrogens with two attached hydrogens (primary N) is 1. The normalized spacial score (nSPS) is 12.3. The van der Waals surface area contributed by atoms with E-state index in [1.807, 2.05) is 47.7 Å². The van der Waals surface area contributed by atoms with Gasteiger partial charge < -0.3 is 10.5 Å². The largest absolute Gasteiger partial charge is 0.488 e. The van der Waals surface area contributed by atoms with Crippen LogP contribution in [0.15, 0.2) is 41.8 Å². The fourth-order valence-corrected chi connectivity index (χ4v) is 2.50. The van der Waals surface area contributed by atoms with Crippen LogP contribution in [0, 0.1) is 0 Å². The second-order valence-corrected chi connectivity index (χ2v) is 6.04. The summed E-state index contributed by atoms with van der Waals surface area (Å²) in [4.78, 5) is 14.3. The number of thiophene rings is 1. The van der Waals surface area contributed by atoms with Gasteiger partial charge in [0.15, 0.2) is 0 Å². The summed E-state index contributed by atoms with van der Waals surface area (Å²) >= 11 is 1.68. The minimum atomic E-state index is -0.312. The first-order chi connectivity index (χ1) is 10.1. The highest BCUT2D eigenvalue weighted by Crippen LogP contribution is 2.17. The van der Waals surface area contributed by atoms with Crippen molar-refractivity contribution in [3.8, 4) is 5.75 Å². The first-order valence-electron chi connectivity index (χ1n) is 6.80. The van der Waals surface area contributed by atoms with Gasteiger partial charge in [-0.2, -0.15) is 0 Å². The summed E-state index contributed by atoms with van der Waals surface area (Å²) in [6.45, 7) is 3.08. The van der Waals surface area contributed by atoms with E-state index in [2.05, 4.69) is 6.07 Å². The zero-order valence-electron chi connectivity index (χ0n) is 12.3. The Morgan fingerprint density at radius 2 is 2.05 bits per heavy atom. The average molecular weight is 304 g/mol. The van der Waals surface area contributed by atoms with Crippen LogP contribution in [0.25, 0.3) is 0 Å². The Kier molecular flexibility index (Phi) is 5.36. The number of benzene rings is 1. The molecule has 1 aromatic heterocycles. The summed E-state index contributed by atoms with van der Waals surface area (Å²) in [5.74, 6) is 0.533. The number of hydrogen-bond donors (Lipinski definition) is 1. The maximum atomic E-state index is 11.1. The second-order valence-electron chi connectivity index (χ2n) is 5.01. The molecule has 0 spiro atoms. The minimum Gasteiger partial charge on any atom is -0.488 e. The molecule has 112 valence electrons. The molecule has 21 heavy (non-hydrogen) atoms. The number of amides is 1. The Balaban J connectivity index is 1.88. The molecule has 1 atom stereocenters. The van der Waals surface area contributed by atoms with Gasteiger partial charge in [-0.15, -0.1) is 11.3 Å². The summed E-state index contributed by atoms with van der Waals surface area (Å²) in [6, 6.07) is 11.7. The third kappa shape index (κ3) is 4.58. The quantitative estimate of drug-likeness (QED) is 0.855. The highest BCUT2D eigenvalue weighted by Gasteiger charge is 2.14. The van der Waals surface area contributed by atoms with Gasteiger partial charge in [0.05, 0.1) is 6.04 Å². The molecule has 0 aliphatic carbocycles. The molecule has 2 N–H and O–H groups in total. The van der Waals surface area contributed by atoms with Crippen molar-refractivity contribution in [2.75, 3.05) is 7.05 Å². The number of nitrogens with zero attached hydrogens (tertiary/aromatic N) is 1. The van der Waals surface area contributed by atoms with Crippen molar-refractivity contribution in [1.29, 1.82) is 0 Å². The van der Waals surface area contributed by atoms with Gasteiger partial charge in [-0.05, 0) is 43.1 Å². The number of hydrogen-bond acceptors (Lipinski definition) is 4. The summed E-state index contributed by atoms with van der Waals surface area (Å²) < 4.78 is 5.72. The van der Waals surface area contributed by atoms with E-state index in [1.54, 1.807) is 18.3 Å². The van der Waals surface area contributed by atoms with Gasteiger partial charge in [0.2, 0.25) is 5.91 Å². The highest BCUT2D eigenvalue weighted by atomic mass is 32.1. The van der Waals surface area contributed by atoms with Crippen molar-refractivity contribution in [1.82, 2.24) is 4.90 Å². The van der Waals surface area contributed by atoms with E-state index in [1.165, 1.54) is 4.88 Å². The summed E-state index contributed by atoms with van der Waals surface area (Å²) in [7, 11) is 1.89. The van der Waals surface area contributed by atoms with E-state index in [9.17, 15) is 4.79 Å². The zero-order valence-corrected chi connectivity index (χ0v) is 13.1. The fraction of sp³-hybridized carbons (Fsp3) is 0.312.